The molecule has 120 valence electrons. The molecular formula is C5H5F3N4O6S3. The van der Waals surface area contributed by atoms with Gasteiger partial charge in [0.05, 0.1) is 5.69 Å². The molecule has 0 aliphatic carbocycles. The second-order valence-corrected chi connectivity index (χ2v) is 6.44. The van der Waals surface area contributed by atoms with E-state index in [4.69, 9.17) is 0 Å². The molecule has 1 aromatic heterocycles. The summed E-state index contributed by atoms with van der Waals surface area (Å²) in [4.78, 5) is 3.16. The van der Waals surface area contributed by atoms with Crippen molar-refractivity contribution < 1.29 is 36.9 Å². The van der Waals surface area contributed by atoms with E-state index in [-0.39, 0.29) is 0 Å². The summed E-state index contributed by atoms with van der Waals surface area (Å²) in [5.74, 6) is -1.13. The van der Waals surface area contributed by atoms with Crippen LogP contribution in [-0.2, 0) is 31.2 Å². The average molecular weight is 370 g/mol. The first-order chi connectivity index (χ1) is 9.27. The van der Waals surface area contributed by atoms with Crippen LogP contribution in [0.2, 0.25) is 0 Å². The van der Waals surface area contributed by atoms with Crippen LogP contribution in [0.5, 0.6) is 0 Å². The molecule has 0 bridgehead atoms. The smallest absolute Gasteiger partial charge is 0.255 e. The summed E-state index contributed by atoms with van der Waals surface area (Å²) in [7, 11) is -16.4. The number of hydrogen-bond acceptors (Lipinski definition) is 7. The molecule has 0 radical (unpaired) electrons. The molecule has 0 aromatic carbocycles. The van der Waals surface area contributed by atoms with E-state index in [1.54, 1.807) is 0 Å². The summed E-state index contributed by atoms with van der Waals surface area (Å²) in [6, 6.07) is 0.653. The second-order valence-electron chi connectivity index (χ2n) is 3.20. The predicted octanol–water partition coefficient (Wildman–Crippen LogP) is -0.0398. The zero-order chi connectivity index (χ0) is 16.5. The Labute approximate surface area is 117 Å². The van der Waals surface area contributed by atoms with Crippen LogP contribution in [0.3, 0.4) is 0 Å². The van der Waals surface area contributed by atoms with Gasteiger partial charge in [0.2, 0.25) is 0 Å². The first-order valence-electron chi connectivity index (χ1n) is 4.43. The first-order valence-corrected chi connectivity index (χ1v) is 8.58. The maximum atomic E-state index is 12.6. The Morgan fingerprint density at radius 2 is 1.29 bits per heavy atom. The molecule has 1 rings (SSSR count). The van der Waals surface area contributed by atoms with Crippen molar-refractivity contribution in [1.82, 2.24) is 4.98 Å². The summed E-state index contributed by atoms with van der Waals surface area (Å²) in [6.07, 6.45) is 0.664. The Hall–Kier alpha value is -1.81. The van der Waals surface area contributed by atoms with Gasteiger partial charge in [-0.25, -0.2) is 9.71 Å². The highest BCUT2D eigenvalue weighted by molar-refractivity contribution is 7.88. The van der Waals surface area contributed by atoms with Gasteiger partial charge in [-0.05, 0) is 6.07 Å². The van der Waals surface area contributed by atoms with Crippen molar-refractivity contribution in [1.29, 1.82) is 0 Å². The molecular weight excluding hydrogens is 365 g/mol. The third kappa shape index (κ3) is 6.45. The molecule has 0 amide bonds. The van der Waals surface area contributed by atoms with Gasteiger partial charge in [0.25, 0.3) is 0 Å². The lowest BCUT2D eigenvalue weighted by Gasteiger charge is -2.12. The summed E-state index contributed by atoms with van der Waals surface area (Å²) >= 11 is 0. The van der Waals surface area contributed by atoms with Crippen molar-refractivity contribution >= 4 is 48.4 Å². The van der Waals surface area contributed by atoms with E-state index in [9.17, 15) is 36.9 Å². The van der Waals surface area contributed by atoms with Crippen LogP contribution in [-0.4, -0.2) is 30.2 Å². The summed E-state index contributed by atoms with van der Waals surface area (Å²) in [5, 5.41) is 0. The van der Waals surface area contributed by atoms with Crippen LogP contribution in [0.15, 0.2) is 12.3 Å². The van der Waals surface area contributed by atoms with E-state index in [0.717, 1.165) is 14.2 Å². The zero-order valence-electron chi connectivity index (χ0n) is 9.41. The fourth-order valence-electron chi connectivity index (χ4n) is 1.10. The molecule has 1 heterocycles. The van der Waals surface area contributed by atoms with Gasteiger partial charge in [-0.3, -0.25) is 9.44 Å². The minimum atomic E-state index is -5.54. The van der Waals surface area contributed by atoms with Crippen LogP contribution in [0, 0.1) is 0 Å². The SMILES string of the molecule is O=S(=O)(F)Nc1ccnc(NS(=O)(=O)F)c1NS(=O)(=O)F. The average Bonchev–Trinajstić information content (AvgIpc) is 2.16. The number of hydrogen-bond donors (Lipinski definition) is 3. The van der Waals surface area contributed by atoms with Gasteiger partial charge in [-0.2, -0.15) is 25.3 Å². The highest BCUT2D eigenvalue weighted by Gasteiger charge is 2.22. The Morgan fingerprint density at radius 1 is 0.810 bits per heavy atom. The predicted molar refractivity (Wildman–Crippen MR) is 65.2 cm³/mol. The molecule has 0 saturated carbocycles. The van der Waals surface area contributed by atoms with Crippen LogP contribution < -0.4 is 14.2 Å². The molecule has 3 N–H and O–H groups in total. The van der Waals surface area contributed by atoms with Crippen molar-refractivity contribution in [3.05, 3.63) is 12.3 Å². The van der Waals surface area contributed by atoms with E-state index >= 15 is 0 Å². The van der Waals surface area contributed by atoms with Crippen molar-refractivity contribution in [3.8, 4) is 0 Å². The Kier molecular flexibility index (Phi) is 4.54. The maximum absolute atomic E-state index is 12.6. The minimum absolute atomic E-state index is 0.653. The van der Waals surface area contributed by atoms with E-state index in [1.165, 1.54) is 0 Å². The highest BCUT2D eigenvalue weighted by atomic mass is 32.3. The molecule has 0 unspecified atom stereocenters. The molecule has 0 spiro atoms. The number of rotatable bonds is 6. The number of anilines is 3. The molecule has 0 aliphatic heterocycles. The van der Waals surface area contributed by atoms with Crippen LogP contribution >= 0.6 is 0 Å². The summed E-state index contributed by atoms with van der Waals surface area (Å²) in [5.41, 5.74) is -2.12. The topological polar surface area (TPSA) is 151 Å². The van der Waals surface area contributed by atoms with Gasteiger partial charge in [0.15, 0.2) is 5.82 Å². The van der Waals surface area contributed by atoms with Gasteiger partial charge in [-0.1, -0.05) is 11.7 Å². The molecule has 0 saturated heterocycles. The molecule has 0 aliphatic rings. The number of nitrogens with one attached hydrogen (secondary N) is 3. The van der Waals surface area contributed by atoms with Crippen LogP contribution in [0.4, 0.5) is 28.8 Å². The monoisotopic (exact) mass is 370 g/mol. The van der Waals surface area contributed by atoms with E-state index in [2.05, 4.69) is 4.98 Å². The summed E-state index contributed by atoms with van der Waals surface area (Å²) in [6.45, 7) is 0. The number of halogens is 3. The van der Waals surface area contributed by atoms with Gasteiger partial charge < -0.3 is 0 Å². The molecule has 0 fully saturated rings. The van der Waals surface area contributed by atoms with Gasteiger partial charge in [-0.15, -0.1) is 0 Å². The quantitative estimate of drug-likeness (QED) is 0.594. The number of aromatic nitrogens is 1. The zero-order valence-corrected chi connectivity index (χ0v) is 11.9. The first kappa shape index (κ1) is 17.2. The third-order valence-corrected chi connectivity index (χ3v) is 2.97. The normalized spacial score (nSPS) is 12.7. The van der Waals surface area contributed by atoms with Crippen molar-refractivity contribution in [2.75, 3.05) is 14.2 Å². The molecule has 0 atom stereocenters. The van der Waals surface area contributed by atoms with Crippen molar-refractivity contribution in [3.63, 3.8) is 0 Å². The highest BCUT2D eigenvalue weighted by Crippen LogP contribution is 2.31. The van der Waals surface area contributed by atoms with E-state index < -0.39 is 48.4 Å². The van der Waals surface area contributed by atoms with Gasteiger partial charge in [0, 0.05) is 6.20 Å². The van der Waals surface area contributed by atoms with Gasteiger partial charge in [0.1, 0.15) is 5.69 Å². The minimum Gasteiger partial charge on any atom is -0.255 e. The van der Waals surface area contributed by atoms with Crippen molar-refractivity contribution in [2.24, 2.45) is 0 Å². The lowest BCUT2D eigenvalue weighted by Crippen LogP contribution is -2.16. The Balaban J connectivity index is 3.47. The Bertz CT molecular complexity index is 799. The standard InChI is InChI=1S/C5H5F3N4O6S3/c6-19(13,14)10-3-1-2-9-5(12-21(8,17)18)4(3)11-20(7,15)16/h1-2,11H,(H2,9,10,12). The summed E-state index contributed by atoms with van der Waals surface area (Å²) < 4.78 is 103. The number of nitrogens with zero attached hydrogens (tertiary/aromatic N) is 1. The molecule has 21 heavy (non-hydrogen) atoms. The third-order valence-electron chi connectivity index (χ3n) is 1.63. The van der Waals surface area contributed by atoms with Gasteiger partial charge >= 0.3 is 31.2 Å². The van der Waals surface area contributed by atoms with E-state index in [0.29, 0.717) is 12.3 Å². The molecule has 1 aromatic rings. The fourth-order valence-corrected chi connectivity index (χ4v) is 2.37. The van der Waals surface area contributed by atoms with Crippen molar-refractivity contribution in [2.45, 2.75) is 0 Å². The van der Waals surface area contributed by atoms with Crippen LogP contribution in [0.1, 0.15) is 0 Å². The Morgan fingerprint density at radius 3 is 1.71 bits per heavy atom. The van der Waals surface area contributed by atoms with E-state index in [1.807, 2.05) is 0 Å². The van der Waals surface area contributed by atoms with Crippen LogP contribution in [0.25, 0.3) is 0 Å². The second kappa shape index (κ2) is 5.53. The fraction of sp³-hybridized carbons (Fsp3) is 0. The maximum Gasteiger partial charge on any atom is 0.398 e. The lowest BCUT2D eigenvalue weighted by atomic mass is 10.3. The molecule has 10 nitrogen and oxygen atoms in total. The lowest BCUT2D eigenvalue weighted by molar-refractivity contribution is 0.555. The largest absolute Gasteiger partial charge is 0.398 e. The number of pyridine rings is 1. The molecule has 16 heteroatoms.